The second-order valence-electron chi connectivity index (χ2n) is 8.66. The molecule has 3 aromatic heterocycles. The number of hydrogen-bond acceptors (Lipinski definition) is 7. The van der Waals surface area contributed by atoms with Crippen molar-refractivity contribution in [1.82, 2.24) is 25.1 Å². The van der Waals surface area contributed by atoms with Crippen LogP contribution in [0.2, 0.25) is 0 Å². The zero-order valence-electron chi connectivity index (χ0n) is 18.9. The molecule has 0 unspecified atom stereocenters. The Morgan fingerprint density at radius 1 is 1.03 bits per heavy atom. The highest BCUT2D eigenvalue weighted by atomic mass is 16.5. The van der Waals surface area contributed by atoms with Gasteiger partial charge in [-0.05, 0) is 54.3 Å². The van der Waals surface area contributed by atoms with Crippen LogP contribution in [0.1, 0.15) is 12.8 Å². The summed E-state index contributed by atoms with van der Waals surface area (Å²) in [4.78, 5) is 16.1. The van der Waals surface area contributed by atoms with Gasteiger partial charge in [-0.2, -0.15) is 5.10 Å². The van der Waals surface area contributed by atoms with Crippen molar-refractivity contribution in [3.05, 3.63) is 61.1 Å². The number of aromatic amines is 1. The van der Waals surface area contributed by atoms with Crippen molar-refractivity contribution in [3.63, 3.8) is 0 Å². The molecule has 3 N–H and O–H groups in total. The standard InChI is InChI=1S/C26H25N7O/c1-34-18-3-4-20-19(6-9-29-23(20)13-18)16-2-5-22-21(12-16)26(32-31-22)24-14-28-15-25(30-24)33-10-7-17(27)8-11-33/h2-6,9,12-15,17H,7-8,10-11,27H2,1H3,(H,31,32). The number of hydrogen-bond donors (Lipinski definition) is 2. The number of methoxy groups -OCH3 is 1. The van der Waals surface area contributed by atoms with Gasteiger partial charge in [0.1, 0.15) is 23.0 Å². The van der Waals surface area contributed by atoms with Crippen LogP contribution in [0.5, 0.6) is 5.75 Å². The van der Waals surface area contributed by atoms with Gasteiger partial charge in [-0.25, -0.2) is 4.98 Å². The van der Waals surface area contributed by atoms with Crippen molar-refractivity contribution in [3.8, 4) is 28.3 Å². The summed E-state index contributed by atoms with van der Waals surface area (Å²) < 4.78 is 5.36. The van der Waals surface area contributed by atoms with Gasteiger partial charge in [-0.1, -0.05) is 6.07 Å². The lowest BCUT2D eigenvalue weighted by Crippen LogP contribution is -2.40. The molecule has 2 aromatic carbocycles. The fraction of sp³-hybridized carbons (Fsp3) is 0.231. The highest BCUT2D eigenvalue weighted by Crippen LogP contribution is 2.34. The number of pyridine rings is 1. The fourth-order valence-electron chi connectivity index (χ4n) is 4.63. The Kier molecular flexibility index (Phi) is 5.07. The Morgan fingerprint density at radius 3 is 2.76 bits per heavy atom. The van der Waals surface area contributed by atoms with Crippen LogP contribution in [0, 0.1) is 0 Å². The molecular formula is C26H25N7O. The van der Waals surface area contributed by atoms with Gasteiger partial charge in [-0.3, -0.25) is 15.1 Å². The maximum atomic E-state index is 6.07. The van der Waals surface area contributed by atoms with Gasteiger partial charge < -0.3 is 15.4 Å². The number of nitrogens with two attached hydrogens (primary N) is 1. The normalized spacial score (nSPS) is 14.7. The average molecular weight is 452 g/mol. The summed E-state index contributed by atoms with van der Waals surface area (Å²) in [6, 6.07) is 14.6. The molecule has 0 atom stereocenters. The number of rotatable bonds is 4. The van der Waals surface area contributed by atoms with E-state index in [4.69, 9.17) is 15.5 Å². The largest absolute Gasteiger partial charge is 0.497 e. The monoisotopic (exact) mass is 451 g/mol. The number of anilines is 1. The van der Waals surface area contributed by atoms with Crippen molar-refractivity contribution in [2.24, 2.45) is 5.73 Å². The molecule has 6 rings (SSSR count). The molecule has 0 aliphatic carbocycles. The summed E-state index contributed by atoms with van der Waals surface area (Å²) in [5.74, 6) is 1.66. The number of H-pyrrole nitrogens is 1. The molecule has 0 radical (unpaired) electrons. The summed E-state index contributed by atoms with van der Waals surface area (Å²) >= 11 is 0. The highest BCUT2D eigenvalue weighted by molar-refractivity contribution is 6.00. The molecule has 0 amide bonds. The molecule has 1 aliphatic rings. The van der Waals surface area contributed by atoms with Crippen LogP contribution in [0.15, 0.2) is 61.1 Å². The number of fused-ring (bicyclic) bond motifs is 2. The van der Waals surface area contributed by atoms with Crippen LogP contribution < -0.4 is 15.4 Å². The number of nitrogens with zero attached hydrogens (tertiary/aromatic N) is 5. The molecule has 34 heavy (non-hydrogen) atoms. The molecule has 1 fully saturated rings. The maximum Gasteiger partial charge on any atom is 0.147 e. The predicted molar refractivity (Wildman–Crippen MR) is 134 cm³/mol. The first-order valence-electron chi connectivity index (χ1n) is 11.4. The number of nitrogens with one attached hydrogen (secondary N) is 1. The molecule has 1 saturated heterocycles. The topological polar surface area (TPSA) is 106 Å². The van der Waals surface area contributed by atoms with Gasteiger partial charge in [0.25, 0.3) is 0 Å². The molecule has 8 heteroatoms. The van der Waals surface area contributed by atoms with E-state index in [-0.39, 0.29) is 6.04 Å². The second kappa shape index (κ2) is 8.39. The van der Waals surface area contributed by atoms with Crippen molar-refractivity contribution < 1.29 is 4.74 Å². The molecule has 0 bridgehead atoms. The second-order valence-corrected chi connectivity index (χ2v) is 8.66. The smallest absolute Gasteiger partial charge is 0.147 e. The number of aromatic nitrogens is 5. The van der Waals surface area contributed by atoms with Crippen molar-refractivity contribution in [2.45, 2.75) is 18.9 Å². The van der Waals surface area contributed by atoms with Crippen molar-refractivity contribution in [1.29, 1.82) is 0 Å². The first-order valence-corrected chi connectivity index (χ1v) is 11.4. The van der Waals surface area contributed by atoms with E-state index >= 15 is 0 Å². The minimum Gasteiger partial charge on any atom is -0.497 e. The molecule has 8 nitrogen and oxygen atoms in total. The summed E-state index contributed by atoms with van der Waals surface area (Å²) in [6.45, 7) is 1.79. The van der Waals surface area contributed by atoms with E-state index in [9.17, 15) is 0 Å². The van der Waals surface area contributed by atoms with Gasteiger partial charge in [-0.15, -0.1) is 0 Å². The lowest BCUT2D eigenvalue weighted by atomic mass is 9.99. The minimum absolute atomic E-state index is 0.270. The third-order valence-corrected chi connectivity index (χ3v) is 6.55. The van der Waals surface area contributed by atoms with E-state index in [1.165, 1.54) is 0 Å². The average Bonchev–Trinajstić information content (AvgIpc) is 3.32. The van der Waals surface area contributed by atoms with Gasteiger partial charge in [0, 0.05) is 42.2 Å². The van der Waals surface area contributed by atoms with E-state index in [0.29, 0.717) is 0 Å². The first-order chi connectivity index (χ1) is 16.7. The van der Waals surface area contributed by atoms with Gasteiger partial charge in [0.15, 0.2) is 0 Å². The third-order valence-electron chi connectivity index (χ3n) is 6.55. The highest BCUT2D eigenvalue weighted by Gasteiger charge is 2.19. The quantitative estimate of drug-likeness (QED) is 0.422. The molecule has 0 saturated carbocycles. The Hall–Kier alpha value is -4.04. The predicted octanol–water partition coefficient (Wildman–Crippen LogP) is 4.17. The third kappa shape index (κ3) is 3.62. The molecule has 4 heterocycles. The molecule has 0 spiro atoms. The Labute approximate surface area is 196 Å². The van der Waals surface area contributed by atoms with Crippen LogP contribution in [0.4, 0.5) is 5.82 Å². The van der Waals surface area contributed by atoms with Crippen LogP contribution in [-0.4, -0.2) is 51.4 Å². The SMILES string of the molecule is COc1ccc2c(-c3ccc4[nH]nc(-c5cncc(N6CCC(N)CC6)n5)c4c3)ccnc2c1. The maximum absolute atomic E-state index is 6.07. The zero-order valence-corrected chi connectivity index (χ0v) is 18.9. The van der Waals surface area contributed by atoms with Crippen LogP contribution in [-0.2, 0) is 0 Å². The van der Waals surface area contributed by atoms with Crippen molar-refractivity contribution in [2.75, 3.05) is 25.1 Å². The minimum atomic E-state index is 0.270. The number of piperidine rings is 1. The fourth-order valence-corrected chi connectivity index (χ4v) is 4.63. The van der Waals surface area contributed by atoms with E-state index < -0.39 is 0 Å². The molecule has 5 aromatic rings. The molecule has 1 aliphatic heterocycles. The van der Waals surface area contributed by atoms with E-state index in [1.54, 1.807) is 13.3 Å². The van der Waals surface area contributed by atoms with Crippen LogP contribution in [0.25, 0.3) is 44.3 Å². The van der Waals surface area contributed by atoms with Gasteiger partial charge in [0.2, 0.25) is 0 Å². The van der Waals surface area contributed by atoms with Gasteiger partial charge in [0.05, 0.1) is 30.5 Å². The Balaban J connectivity index is 1.41. The lowest BCUT2D eigenvalue weighted by Gasteiger charge is -2.30. The number of ether oxygens (including phenoxy) is 1. The Morgan fingerprint density at radius 2 is 1.91 bits per heavy atom. The molecular weight excluding hydrogens is 426 g/mol. The summed E-state index contributed by atoms with van der Waals surface area (Å²) in [5, 5.41) is 9.80. The van der Waals surface area contributed by atoms with E-state index in [1.807, 2.05) is 30.6 Å². The van der Waals surface area contributed by atoms with Gasteiger partial charge >= 0.3 is 0 Å². The summed E-state index contributed by atoms with van der Waals surface area (Å²) in [7, 11) is 1.66. The van der Waals surface area contributed by atoms with Crippen molar-refractivity contribution >= 4 is 27.6 Å². The summed E-state index contributed by atoms with van der Waals surface area (Å²) in [5.41, 5.74) is 11.6. The first kappa shape index (κ1) is 20.6. The van der Waals surface area contributed by atoms with E-state index in [2.05, 4.69) is 49.3 Å². The lowest BCUT2D eigenvalue weighted by molar-refractivity contribution is 0.415. The molecule has 170 valence electrons. The zero-order chi connectivity index (χ0) is 23.1. The summed E-state index contributed by atoms with van der Waals surface area (Å²) in [6.07, 6.45) is 7.35. The van der Waals surface area contributed by atoms with E-state index in [0.717, 1.165) is 81.8 Å². The van der Waals surface area contributed by atoms with Crippen LogP contribution in [0.3, 0.4) is 0 Å². The number of benzene rings is 2. The van der Waals surface area contributed by atoms with Crippen LogP contribution >= 0.6 is 0 Å². The Bertz CT molecular complexity index is 1490.